The van der Waals surface area contributed by atoms with Crippen LogP contribution in [0.5, 0.6) is 11.6 Å². The van der Waals surface area contributed by atoms with Gasteiger partial charge in [-0.05, 0) is 30.3 Å². The van der Waals surface area contributed by atoms with Crippen LogP contribution in [-0.2, 0) is 0 Å². The molecule has 1 aromatic carbocycles. The van der Waals surface area contributed by atoms with Crippen molar-refractivity contribution in [2.75, 3.05) is 12.4 Å². The first-order valence-electron chi connectivity index (χ1n) is 5.25. The van der Waals surface area contributed by atoms with Gasteiger partial charge < -0.3 is 10.1 Å². The minimum Gasteiger partial charge on any atom is -0.437 e. The molecule has 2 rings (SSSR count). The predicted octanol–water partition coefficient (Wildman–Crippen LogP) is 3.44. The van der Waals surface area contributed by atoms with Crippen LogP contribution in [0.25, 0.3) is 0 Å². The van der Waals surface area contributed by atoms with Crippen LogP contribution in [0.3, 0.4) is 0 Å². The van der Waals surface area contributed by atoms with Crippen molar-refractivity contribution in [1.82, 2.24) is 4.98 Å². The van der Waals surface area contributed by atoms with Crippen LogP contribution in [-0.4, -0.2) is 12.0 Å². The summed E-state index contributed by atoms with van der Waals surface area (Å²) in [6.07, 6.45) is 1.49. The number of benzene rings is 1. The maximum atomic E-state index is 8.85. The standard InChI is InChI=1S/C13H10ClN3O/c1-16-10-2-4-11(5-3-10)18-13-12(14)9(8-15)6-7-17-13/h2-7,16H,1H3. The van der Waals surface area contributed by atoms with Gasteiger partial charge in [-0.25, -0.2) is 4.98 Å². The van der Waals surface area contributed by atoms with E-state index in [0.717, 1.165) is 5.69 Å². The molecule has 0 spiro atoms. The Bertz CT molecular complexity index is 590. The highest BCUT2D eigenvalue weighted by molar-refractivity contribution is 6.33. The summed E-state index contributed by atoms with van der Waals surface area (Å²) < 4.78 is 5.53. The number of aromatic nitrogens is 1. The van der Waals surface area contributed by atoms with Crippen molar-refractivity contribution in [2.45, 2.75) is 0 Å². The zero-order valence-electron chi connectivity index (χ0n) is 9.64. The summed E-state index contributed by atoms with van der Waals surface area (Å²) in [5.41, 5.74) is 1.32. The van der Waals surface area contributed by atoms with E-state index in [1.807, 2.05) is 25.2 Å². The van der Waals surface area contributed by atoms with Gasteiger partial charge in [0.05, 0.1) is 5.56 Å². The minimum atomic E-state index is 0.220. The molecule has 1 N–H and O–H groups in total. The number of pyridine rings is 1. The fourth-order valence-electron chi connectivity index (χ4n) is 1.38. The first-order valence-corrected chi connectivity index (χ1v) is 5.62. The van der Waals surface area contributed by atoms with Crippen LogP contribution in [0, 0.1) is 11.3 Å². The molecule has 0 fully saturated rings. The average molecular weight is 260 g/mol. The number of rotatable bonds is 3. The number of halogens is 1. The van der Waals surface area contributed by atoms with E-state index < -0.39 is 0 Å². The molecule has 0 saturated carbocycles. The number of hydrogen-bond acceptors (Lipinski definition) is 4. The molecule has 0 radical (unpaired) electrons. The van der Waals surface area contributed by atoms with Gasteiger partial charge in [0, 0.05) is 18.9 Å². The number of nitrogens with one attached hydrogen (secondary N) is 1. The summed E-state index contributed by atoms with van der Waals surface area (Å²) in [6, 6.07) is 10.9. The predicted molar refractivity (Wildman–Crippen MR) is 70.0 cm³/mol. The second-order valence-corrected chi connectivity index (χ2v) is 3.84. The van der Waals surface area contributed by atoms with E-state index in [1.54, 1.807) is 18.2 Å². The summed E-state index contributed by atoms with van der Waals surface area (Å²) >= 11 is 6.00. The first kappa shape index (κ1) is 12.2. The molecule has 1 heterocycles. The number of anilines is 1. The number of nitrogens with zero attached hydrogens (tertiary/aromatic N) is 2. The Balaban J connectivity index is 2.26. The maximum Gasteiger partial charge on any atom is 0.239 e. The summed E-state index contributed by atoms with van der Waals surface area (Å²) in [7, 11) is 1.84. The lowest BCUT2D eigenvalue weighted by atomic mass is 10.3. The highest BCUT2D eigenvalue weighted by atomic mass is 35.5. The van der Waals surface area contributed by atoms with E-state index in [2.05, 4.69) is 10.3 Å². The van der Waals surface area contributed by atoms with Crippen LogP contribution in [0.15, 0.2) is 36.5 Å². The fraction of sp³-hybridized carbons (Fsp3) is 0.0769. The lowest BCUT2D eigenvalue weighted by Crippen LogP contribution is -1.92. The number of nitriles is 1. The maximum absolute atomic E-state index is 8.85. The molecule has 0 atom stereocenters. The molecule has 18 heavy (non-hydrogen) atoms. The fourth-order valence-corrected chi connectivity index (χ4v) is 1.58. The van der Waals surface area contributed by atoms with E-state index in [-0.39, 0.29) is 10.9 Å². The van der Waals surface area contributed by atoms with Gasteiger partial charge in [-0.1, -0.05) is 11.6 Å². The third kappa shape index (κ3) is 2.53. The van der Waals surface area contributed by atoms with Crippen molar-refractivity contribution in [3.8, 4) is 17.7 Å². The van der Waals surface area contributed by atoms with E-state index in [4.69, 9.17) is 21.6 Å². The number of ether oxygens (including phenoxy) is 1. The molecular formula is C13H10ClN3O. The van der Waals surface area contributed by atoms with E-state index in [0.29, 0.717) is 11.3 Å². The lowest BCUT2D eigenvalue weighted by molar-refractivity contribution is 0.463. The van der Waals surface area contributed by atoms with E-state index >= 15 is 0 Å². The first-order chi connectivity index (χ1) is 8.74. The molecule has 1 aromatic heterocycles. The summed E-state index contributed by atoms with van der Waals surface area (Å²) in [6.45, 7) is 0. The van der Waals surface area contributed by atoms with Crippen LogP contribution in [0.2, 0.25) is 5.02 Å². The monoisotopic (exact) mass is 259 g/mol. The molecule has 4 nitrogen and oxygen atoms in total. The minimum absolute atomic E-state index is 0.220. The molecule has 0 unspecified atom stereocenters. The quantitative estimate of drug-likeness (QED) is 0.917. The molecule has 0 bridgehead atoms. The van der Waals surface area contributed by atoms with Crippen molar-refractivity contribution < 1.29 is 4.74 Å². The average Bonchev–Trinajstić information content (AvgIpc) is 2.42. The Morgan fingerprint density at radius 3 is 2.61 bits per heavy atom. The van der Waals surface area contributed by atoms with Crippen LogP contribution < -0.4 is 10.1 Å². The molecule has 0 aliphatic carbocycles. The molecule has 0 amide bonds. The van der Waals surface area contributed by atoms with E-state index in [9.17, 15) is 0 Å². The van der Waals surface area contributed by atoms with E-state index in [1.165, 1.54) is 6.20 Å². The lowest BCUT2D eigenvalue weighted by Gasteiger charge is -2.07. The number of hydrogen-bond donors (Lipinski definition) is 1. The Labute approximate surface area is 110 Å². The third-order valence-electron chi connectivity index (χ3n) is 2.34. The van der Waals surface area contributed by atoms with Crippen molar-refractivity contribution in [3.05, 3.63) is 47.1 Å². The summed E-state index contributed by atoms with van der Waals surface area (Å²) in [5, 5.41) is 12.1. The van der Waals surface area contributed by atoms with Crippen LogP contribution in [0.1, 0.15) is 5.56 Å². The van der Waals surface area contributed by atoms with Crippen molar-refractivity contribution in [3.63, 3.8) is 0 Å². The molecule has 5 heteroatoms. The van der Waals surface area contributed by atoms with Gasteiger partial charge >= 0.3 is 0 Å². The molecule has 0 aliphatic heterocycles. The summed E-state index contributed by atoms with van der Waals surface area (Å²) in [4.78, 5) is 4.00. The van der Waals surface area contributed by atoms with Gasteiger partial charge in [0.15, 0.2) is 0 Å². The van der Waals surface area contributed by atoms with Crippen LogP contribution in [0.4, 0.5) is 5.69 Å². The van der Waals surface area contributed by atoms with Crippen molar-refractivity contribution in [1.29, 1.82) is 5.26 Å². The van der Waals surface area contributed by atoms with Gasteiger partial charge in [0.2, 0.25) is 5.88 Å². The van der Waals surface area contributed by atoms with Crippen molar-refractivity contribution >= 4 is 17.3 Å². The molecular weight excluding hydrogens is 250 g/mol. The van der Waals surface area contributed by atoms with Crippen LogP contribution >= 0.6 is 11.6 Å². The topological polar surface area (TPSA) is 57.9 Å². The normalized spacial score (nSPS) is 9.61. The largest absolute Gasteiger partial charge is 0.437 e. The molecule has 0 saturated heterocycles. The Morgan fingerprint density at radius 1 is 1.28 bits per heavy atom. The summed E-state index contributed by atoms with van der Waals surface area (Å²) in [5.74, 6) is 0.839. The second kappa shape index (κ2) is 5.39. The Kier molecular flexibility index (Phi) is 3.66. The second-order valence-electron chi connectivity index (χ2n) is 3.47. The molecule has 0 aliphatic rings. The molecule has 2 aromatic rings. The Hall–Kier alpha value is -2.25. The highest BCUT2D eigenvalue weighted by Crippen LogP contribution is 2.29. The van der Waals surface area contributed by atoms with Gasteiger partial charge in [-0.3, -0.25) is 0 Å². The zero-order chi connectivity index (χ0) is 13.0. The van der Waals surface area contributed by atoms with Gasteiger partial charge in [0.25, 0.3) is 0 Å². The third-order valence-corrected chi connectivity index (χ3v) is 2.70. The highest BCUT2D eigenvalue weighted by Gasteiger charge is 2.09. The smallest absolute Gasteiger partial charge is 0.239 e. The zero-order valence-corrected chi connectivity index (χ0v) is 10.4. The molecule has 90 valence electrons. The SMILES string of the molecule is CNc1ccc(Oc2nccc(C#N)c2Cl)cc1. The van der Waals surface area contributed by atoms with Gasteiger partial charge in [0.1, 0.15) is 16.8 Å². The van der Waals surface area contributed by atoms with Gasteiger partial charge in [-0.2, -0.15) is 5.26 Å². The van der Waals surface area contributed by atoms with Crippen molar-refractivity contribution in [2.24, 2.45) is 0 Å². The Morgan fingerprint density at radius 2 is 2.00 bits per heavy atom. The van der Waals surface area contributed by atoms with Gasteiger partial charge in [-0.15, -0.1) is 0 Å².